The number of aromatic nitrogens is 2. The largest absolute Gasteiger partial charge is 0.506 e. The first-order valence-electron chi connectivity index (χ1n) is 12.6. The number of ether oxygens (including phenoxy) is 1. The van der Waals surface area contributed by atoms with Crippen LogP contribution >= 0.6 is 11.6 Å². The summed E-state index contributed by atoms with van der Waals surface area (Å²) in [6.07, 6.45) is 0.747. The zero-order valence-electron chi connectivity index (χ0n) is 21.1. The summed E-state index contributed by atoms with van der Waals surface area (Å²) >= 11 is 6.18. The summed E-state index contributed by atoms with van der Waals surface area (Å²) in [5.41, 5.74) is 6.76. The molecular weight excluding hydrogens is 502 g/mol. The molecule has 8 nitrogen and oxygen atoms in total. The van der Waals surface area contributed by atoms with Crippen molar-refractivity contribution in [3.8, 4) is 11.8 Å². The van der Waals surface area contributed by atoms with Crippen molar-refractivity contribution in [2.24, 2.45) is 0 Å². The number of nitrogens with one attached hydrogen (secondary N) is 2. The Labute approximate surface area is 226 Å². The summed E-state index contributed by atoms with van der Waals surface area (Å²) < 4.78 is 7.92. The molecule has 3 aromatic carbocycles. The van der Waals surface area contributed by atoms with Crippen LogP contribution < -0.4 is 15.5 Å². The van der Waals surface area contributed by atoms with Gasteiger partial charge in [-0.25, -0.2) is 5.43 Å². The van der Waals surface area contributed by atoms with Crippen molar-refractivity contribution in [1.82, 2.24) is 20.0 Å². The van der Waals surface area contributed by atoms with Crippen LogP contribution in [0.5, 0.6) is 11.8 Å². The van der Waals surface area contributed by atoms with Crippen LogP contribution in [0.1, 0.15) is 34.1 Å². The van der Waals surface area contributed by atoms with Crippen molar-refractivity contribution in [3.05, 3.63) is 106 Å². The first kappa shape index (κ1) is 25.6. The summed E-state index contributed by atoms with van der Waals surface area (Å²) in [5, 5.41) is 15.1. The summed E-state index contributed by atoms with van der Waals surface area (Å²) in [7, 11) is 0. The van der Waals surface area contributed by atoms with Crippen LogP contribution in [0, 0.1) is 0 Å². The van der Waals surface area contributed by atoms with Gasteiger partial charge in [-0.15, -0.1) is 0 Å². The molecule has 0 fully saturated rings. The molecule has 1 atom stereocenters. The molecule has 0 radical (unpaired) electrons. The second-order valence-corrected chi connectivity index (χ2v) is 9.59. The van der Waals surface area contributed by atoms with Gasteiger partial charge in [0.2, 0.25) is 0 Å². The second kappa shape index (κ2) is 11.6. The molecule has 5 rings (SSSR count). The molecule has 2 heterocycles. The number of hydrogen-bond acceptors (Lipinski definition) is 6. The lowest BCUT2D eigenvalue weighted by molar-refractivity contribution is 0.0619. The molecule has 0 saturated carbocycles. The van der Waals surface area contributed by atoms with Crippen molar-refractivity contribution in [1.29, 1.82) is 0 Å². The minimum absolute atomic E-state index is 0.000439. The third-order valence-corrected chi connectivity index (χ3v) is 6.74. The number of phenolic OH excluding ortho intramolecular Hbond substituents is 1. The van der Waals surface area contributed by atoms with Gasteiger partial charge < -0.3 is 15.2 Å². The molecule has 0 bridgehead atoms. The number of aromatic hydroxyl groups is 1. The van der Waals surface area contributed by atoms with Crippen LogP contribution in [-0.2, 0) is 19.6 Å². The van der Waals surface area contributed by atoms with Crippen molar-refractivity contribution in [2.75, 3.05) is 18.4 Å². The topological polar surface area (TPSA) is 91.7 Å². The normalized spacial score (nSPS) is 15.4. The van der Waals surface area contributed by atoms with Gasteiger partial charge in [0.15, 0.2) is 11.5 Å². The van der Waals surface area contributed by atoms with E-state index in [1.165, 1.54) is 11.6 Å². The first-order valence-corrected chi connectivity index (χ1v) is 13.0. The van der Waals surface area contributed by atoms with E-state index in [2.05, 4.69) is 22.9 Å². The van der Waals surface area contributed by atoms with Crippen molar-refractivity contribution >= 4 is 23.3 Å². The maximum atomic E-state index is 13.9. The Balaban J connectivity index is 1.49. The molecule has 1 aromatic heterocycles. The molecule has 38 heavy (non-hydrogen) atoms. The van der Waals surface area contributed by atoms with E-state index in [1.807, 2.05) is 55.5 Å². The second-order valence-electron chi connectivity index (χ2n) is 9.18. The number of fused-ring (bicyclic) bond motifs is 1. The van der Waals surface area contributed by atoms with E-state index in [0.717, 1.165) is 17.5 Å². The van der Waals surface area contributed by atoms with E-state index in [0.29, 0.717) is 37.2 Å². The van der Waals surface area contributed by atoms with Gasteiger partial charge in [-0.2, -0.15) is 4.98 Å². The molecule has 1 aliphatic heterocycles. The molecular formula is C29H30ClN5O3. The zero-order valence-corrected chi connectivity index (χ0v) is 21.9. The molecule has 0 saturated heterocycles. The molecule has 1 amide bonds. The fourth-order valence-electron chi connectivity index (χ4n) is 4.51. The molecule has 4 aromatic rings. The van der Waals surface area contributed by atoms with E-state index in [1.54, 1.807) is 21.7 Å². The van der Waals surface area contributed by atoms with Crippen LogP contribution in [0.25, 0.3) is 0 Å². The molecule has 0 aliphatic carbocycles. The van der Waals surface area contributed by atoms with Crippen LogP contribution in [0.15, 0.2) is 78.9 Å². The smallest absolute Gasteiger partial charge is 0.299 e. The fraction of sp³-hybridized carbons (Fsp3) is 0.241. The predicted molar refractivity (Wildman–Crippen MR) is 147 cm³/mol. The third-order valence-electron chi connectivity index (χ3n) is 6.44. The zero-order chi connectivity index (χ0) is 26.5. The Morgan fingerprint density at radius 1 is 1.03 bits per heavy atom. The number of hydrogen-bond donors (Lipinski definition) is 3. The first-order chi connectivity index (χ1) is 18.5. The highest BCUT2D eigenvalue weighted by Crippen LogP contribution is 2.30. The lowest BCUT2D eigenvalue weighted by Crippen LogP contribution is -2.53. The quantitative estimate of drug-likeness (QED) is 0.300. The number of benzene rings is 3. The van der Waals surface area contributed by atoms with Crippen LogP contribution in [0.2, 0.25) is 5.02 Å². The van der Waals surface area contributed by atoms with Gasteiger partial charge in [0, 0.05) is 19.1 Å². The van der Waals surface area contributed by atoms with Gasteiger partial charge in [0.05, 0.1) is 11.6 Å². The summed E-state index contributed by atoms with van der Waals surface area (Å²) in [6, 6.07) is 25.3. The van der Waals surface area contributed by atoms with E-state index < -0.39 is 0 Å². The predicted octanol–water partition coefficient (Wildman–Crippen LogP) is 4.87. The Kier molecular flexibility index (Phi) is 7.81. The minimum Gasteiger partial charge on any atom is -0.506 e. The van der Waals surface area contributed by atoms with Gasteiger partial charge in [-0.1, -0.05) is 78.3 Å². The van der Waals surface area contributed by atoms with E-state index in [-0.39, 0.29) is 29.3 Å². The van der Waals surface area contributed by atoms with Gasteiger partial charge in [0.1, 0.15) is 12.4 Å². The molecule has 0 spiro atoms. The standard InChI is InChI=1S/C29H30ClN5O3/c1-2-35-28(37)26-27(31-17-23(33-35)15-20-9-5-3-6-10-20)32-29(38-19-21-11-7-4-8-12-21)34(26)18-22-13-14-25(36)24(30)16-22/h3-14,16,23,31,33,36H,2,15,17-19H2,1H3/t23-/m1/s1. The Bertz CT molecular complexity index is 1390. The monoisotopic (exact) mass is 531 g/mol. The third kappa shape index (κ3) is 5.77. The van der Waals surface area contributed by atoms with Crippen LogP contribution in [-0.4, -0.2) is 44.7 Å². The SMILES string of the molecule is CCN1N[C@H](Cc2ccccc2)CNc2nc(OCc3ccccc3)n(Cc3ccc(O)c(Cl)c3)c2C1=O. The lowest BCUT2D eigenvalue weighted by atomic mass is 10.1. The van der Waals surface area contributed by atoms with E-state index in [4.69, 9.17) is 21.3 Å². The molecule has 3 N–H and O–H groups in total. The number of halogens is 1. The highest BCUT2D eigenvalue weighted by molar-refractivity contribution is 6.32. The molecule has 0 unspecified atom stereocenters. The molecule has 1 aliphatic rings. The van der Waals surface area contributed by atoms with Crippen LogP contribution in [0.4, 0.5) is 5.82 Å². The average molecular weight is 532 g/mol. The van der Waals surface area contributed by atoms with Crippen molar-refractivity contribution < 1.29 is 14.6 Å². The maximum absolute atomic E-state index is 13.9. The maximum Gasteiger partial charge on any atom is 0.299 e. The number of carbonyl (C=O) groups is 1. The van der Waals surface area contributed by atoms with Crippen molar-refractivity contribution in [2.45, 2.75) is 32.5 Å². The highest BCUT2D eigenvalue weighted by Gasteiger charge is 2.31. The number of anilines is 1. The number of rotatable bonds is 8. The minimum atomic E-state index is -0.209. The number of carbonyl (C=O) groups excluding carboxylic acids is 1. The molecule has 9 heteroatoms. The van der Waals surface area contributed by atoms with Gasteiger partial charge in [-0.05, 0) is 42.2 Å². The van der Waals surface area contributed by atoms with Gasteiger partial charge >= 0.3 is 0 Å². The average Bonchev–Trinajstić information content (AvgIpc) is 3.27. The fourth-order valence-corrected chi connectivity index (χ4v) is 4.71. The lowest BCUT2D eigenvalue weighted by Gasteiger charge is -2.31. The number of amides is 1. The summed E-state index contributed by atoms with van der Waals surface area (Å²) in [5.74, 6) is 0.265. The highest BCUT2D eigenvalue weighted by atomic mass is 35.5. The number of phenols is 1. The summed E-state index contributed by atoms with van der Waals surface area (Å²) in [4.78, 5) is 18.6. The van der Waals surface area contributed by atoms with Gasteiger partial charge in [-0.3, -0.25) is 14.4 Å². The number of imidazole rings is 1. The van der Waals surface area contributed by atoms with Crippen LogP contribution in [0.3, 0.4) is 0 Å². The Hall–Kier alpha value is -4.01. The molecule has 196 valence electrons. The van der Waals surface area contributed by atoms with E-state index in [9.17, 15) is 9.90 Å². The number of hydrazine groups is 1. The Morgan fingerprint density at radius 3 is 2.42 bits per heavy atom. The van der Waals surface area contributed by atoms with Crippen molar-refractivity contribution in [3.63, 3.8) is 0 Å². The van der Waals surface area contributed by atoms with Gasteiger partial charge in [0.25, 0.3) is 11.9 Å². The Morgan fingerprint density at radius 2 is 1.74 bits per heavy atom. The number of nitrogens with zero attached hydrogens (tertiary/aromatic N) is 3. The summed E-state index contributed by atoms with van der Waals surface area (Å²) in [6.45, 7) is 3.55. The van der Waals surface area contributed by atoms with E-state index >= 15 is 0 Å².